The topological polar surface area (TPSA) is 154 Å². The molecule has 278 valence electrons. The van der Waals surface area contributed by atoms with E-state index in [9.17, 15) is 14.9 Å². The van der Waals surface area contributed by atoms with Gasteiger partial charge in [-0.3, -0.25) is 0 Å². The van der Waals surface area contributed by atoms with Crippen LogP contribution in [-0.4, -0.2) is 70.4 Å². The number of methoxy groups -OCH3 is 2. The molecule has 3 aromatic carbocycles. The summed E-state index contributed by atoms with van der Waals surface area (Å²) in [5, 5.41) is 9.58. The predicted octanol–water partition coefficient (Wildman–Crippen LogP) is 6.04. The fourth-order valence-electron chi connectivity index (χ4n) is 7.18. The van der Waals surface area contributed by atoms with Crippen LogP contribution in [-0.2, 0) is 19.6 Å². The van der Waals surface area contributed by atoms with Crippen LogP contribution in [0.1, 0.15) is 63.5 Å². The average Bonchev–Trinajstić information content (AvgIpc) is 3.52. The normalized spacial score (nSPS) is 18.1. The summed E-state index contributed by atoms with van der Waals surface area (Å²) in [6.45, 7) is 8.00. The first-order valence-corrected chi connectivity index (χ1v) is 19.5. The number of rotatable bonds is 16. The SMILES string of the molecule is COc1ccc(C(OC[C@H]2O[C@@H](n3ccc(N)nc3=O)C[C@@H]2O[PH](O)(CCC#N)N(C(C)C)C(C)C)(c2ccccc2)c2ccc(OC)cc2)cc1. The van der Waals surface area contributed by atoms with E-state index >= 15 is 0 Å². The second kappa shape index (κ2) is 17.0. The Morgan fingerprint density at radius 1 is 0.962 bits per heavy atom. The van der Waals surface area contributed by atoms with Crippen molar-refractivity contribution in [2.24, 2.45) is 0 Å². The van der Waals surface area contributed by atoms with Crippen molar-refractivity contribution in [3.05, 3.63) is 118 Å². The Balaban J connectivity index is 1.62. The van der Waals surface area contributed by atoms with E-state index in [0.29, 0.717) is 11.5 Å². The first kappa shape index (κ1) is 38.9. The summed E-state index contributed by atoms with van der Waals surface area (Å²) in [5.41, 5.74) is 6.63. The minimum atomic E-state index is -3.75. The Morgan fingerprint density at radius 3 is 2.02 bits per heavy atom. The van der Waals surface area contributed by atoms with Gasteiger partial charge in [-0.15, -0.1) is 0 Å². The van der Waals surface area contributed by atoms with Gasteiger partial charge in [0, 0.05) is 0 Å². The summed E-state index contributed by atoms with van der Waals surface area (Å²) >= 11 is 0. The molecule has 0 radical (unpaired) electrons. The Kier molecular flexibility index (Phi) is 12.7. The molecule has 0 bridgehead atoms. The molecule has 1 aliphatic heterocycles. The first-order chi connectivity index (χ1) is 24.9. The minimum absolute atomic E-state index is 0.00262. The van der Waals surface area contributed by atoms with Gasteiger partial charge in [0.25, 0.3) is 0 Å². The van der Waals surface area contributed by atoms with Crippen molar-refractivity contribution in [3.63, 3.8) is 0 Å². The second-order valence-corrected chi connectivity index (χ2v) is 16.1. The van der Waals surface area contributed by atoms with Gasteiger partial charge in [-0.2, -0.15) is 0 Å². The van der Waals surface area contributed by atoms with Gasteiger partial charge in [0.05, 0.1) is 0 Å². The van der Waals surface area contributed by atoms with Crippen LogP contribution >= 0.6 is 7.87 Å². The standard InChI is InChI=1S/C39H50N5O7P/c1-27(2)44(28(3)4)52(46,24-10-22-40)51-34-25-37(43-23-21-36(41)42-38(43)45)50-35(34)26-49-39(29-11-8-7-9-12-29,30-13-17-32(47-5)18-14-30)31-15-19-33(48-6)20-16-31/h7-9,11-21,23,27-28,34-35,37,46,52H,10,24-26H2,1-6H3,(H2,41,42,45)/t34-,35+,37+/m0/s1. The number of hydrogen-bond donors (Lipinski definition) is 2. The van der Waals surface area contributed by atoms with E-state index in [2.05, 4.69) is 11.1 Å². The predicted molar refractivity (Wildman–Crippen MR) is 202 cm³/mol. The van der Waals surface area contributed by atoms with Crippen LogP contribution in [0.4, 0.5) is 5.82 Å². The molecule has 52 heavy (non-hydrogen) atoms. The Labute approximate surface area is 306 Å². The van der Waals surface area contributed by atoms with Crippen LogP contribution in [0.2, 0.25) is 0 Å². The van der Waals surface area contributed by atoms with Crippen molar-refractivity contribution >= 4 is 13.7 Å². The summed E-state index contributed by atoms with van der Waals surface area (Å²) in [5.74, 6) is 1.49. The first-order valence-electron chi connectivity index (χ1n) is 17.5. The van der Waals surface area contributed by atoms with Crippen molar-refractivity contribution in [3.8, 4) is 17.6 Å². The number of anilines is 1. The molecule has 1 fully saturated rings. The Hall–Kier alpha value is -4.34. The number of ether oxygens (including phenoxy) is 4. The number of nitrogen functional groups attached to an aromatic ring is 1. The van der Waals surface area contributed by atoms with Gasteiger partial charge >= 0.3 is 307 Å². The van der Waals surface area contributed by atoms with Gasteiger partial charge in [-0.05, 0) is 0 Å². The third kappa shape index (κ3) is 8.31. The zero-order valence-corrected chi connectivity index (χ0v) is 31.6. The van der Waals surface area contributed by atoms with Gasteiger partial charge in [0.15, 0.2) is 0 Å². The zero-order chi connectivity index (χ0) is 37.5. The van der Waals surface area contributed by atoms with Crippen molar-refractivity contribution < 1.29 is 28.4 Å². The number of nitrogens with two attached hydrogens (primary N) is 1. The van der Waals surface area contributed by atoms with Crippen LogP contribution < -0.4 is 20.9 Å². The Morgan fingerprint density at radius 2 is 1.52 bits per heavy atom. The van der Waals surface area contributed by atoms with E-state index in [-0.39, 0.29) is 43.5 Å². The molecule has 4 aromatic rings. The van der Waals surface area contributed by atoms with Crippen LogP contribution in [0.5, 0.6) is 11.5 Å². The number of hydrogen-bond acceptors (Lipinski definition) is 11. The van der Waals surface area contributed by atoms with Crippen LogP contribution in [0.25, 0.3) is 0 Å². The second-order valence-electron chi connectivity index (χ2n) is 13.4. The summed E-state index contributed by atoms with van der Waals surface area (Å²) < 4.78 is 35.0. The number of benzene rings is 3. The zero-order valence-electron chi connectivity index (χ0n) is 30.6. The van der Waals surface area contributed by atoms with Crippen LogP contribution in [0.15, 0.2) is 95.9 Å². The third-order valence-corrected chi connectivity index (χ3v) is 12.8. The van der Waals surface area contributed by atoms with E-state index in [1.807, 2.05) is 111 Å². The van der Waals surface area contributed by atoms with Crippen molar-refractivity contribution in [2.75, 3.05) is 32.7 Å². The summed E-state index contributed by atoms with van der Waals surface area (Å²) in [6.07, 6.45) is -0.204. The summed E-state index contributed by atoms with van der Waals surface area (Å²) in [4.78, 5) is 29.4. The molecular formula is C39H50N5O7P. The van der Waals surface area contributed by atoms with E-state index in [1.165, 1.54) is 10.6 Å². The maximum atomic E-state index is 13.0. The van der Waals surface area contributed by atoms with E-state index in [0.717, 1.165) is 16.7 Å². The van der Waals surface area contributed by atoms with Crippen molar-refractivity contribution in [1.82, 2.24) is 14.2 Å². The molecule has 1 aromatic heterocycles. The molecule has 2 heterocycles. The molecule has 1 saturated heterocycles. The quantitative estimate of drug-likeness (QED) is 0.102. The average molecular weight is 732 g/mol. The van der Waals surface area contributed by atoms with Crippen LogP contribution in [0.3, 0.4) is 0 Å². The number of nitriles is 1. The maximum absolute atomic E-state index is 13.0. The Bertz CT molecular complexity index is 1790. The van der Waals surface area contributed by atoms with Gasteiger partial charge in [-0.25, -0.2) is 0 Å². The molecule has 0 aliphatic carbocycles. The molecular weight excluding hydrogens is 681 g/mol. The van der Waals surface area contributed by atoms with E-state index in [4.69, 9.17) is 29.2 Å². The van der Waals surface area contributed by atoms with Crippen molar-refractivity contribution in [2.45, 2.75) is 76.7 Å². The monoisotopic (exact) mass is 731 g/mol. The fourth-order valence-corrected chi connectivity index (χ4v) is 10.5. The van der Waals surface area contributed by atoms with Gasteiger partial charge < -0.3 is 0 Å². The molecule has 0 unspecified atom stereocenters. The molecule has 1 aliphatic rings. The molecule has 12 nitrogen and oxygen atoms in total. The molecule has 0 saturated carbocycles. The van der Waals surface area contributed by atoms with Gasteiger partial charge in [-0.1, -0.05) is 0 Å². The third-order valence-electron chi connectivity index (χ3n) is 9.40. The van der Waals surface area contributed by atoms with E-state index < -0.39 is 37.6 Å². The fraction of sp³-hybridized carbons (Fsp3) is 0.410. The summed E-state index contributed by atoms with van der Waals surface area (Å²) in [6, 6.07) is 28.9. The molecule has 3 atom stereocenters. The van der Waals surface area contributed by atoms with Crippen molar-refractivity contribution in [1.29, 1.82) is 5.26 Å². The van der Waals surface area contributed by atoms with Gasteiger partial charge in [0.2, 0.25) is 0 Å². The molecule has 3 N–H and O–H groups in total. The number of nitrogens with zero attached hydrogens (tertiary/aromatic N) is 4. The molecule has 13 heteroatoms. The van der Waals surface area contributed by atoms with Crippen LogP contribution in [0, 0.1) is 11.3 Å². The number of aromatic nitrogens is 2. The molecule has 5 rings (SSSR count). The van der Waals surface area contributed by atoms with Gasteiger partial charge in [0.1, 0.15) is 0 Å². The summed E-state index contributed by atoms with van der Waals surface area (Å²) in [7, 11) is -0.507. The molecule has 0 spiro atoms. The van der Waals surface area contributed by atoms with E-state index in [1.54, 1.807) is 20.4 Å². The molecule has 0 amide bonds.